The number of ether oxygens (including phenoxy) is 1. The zero-order valence-corrected chi connectivity index (χ0v) is 13.8. The fourth-order valence-electron chi connectivity index (χ4n) is 1.89. The molecule has 1 aromatic carbocycles. The molecule has 0 aliphatic carbocycles. The lowest BCUT2D eigenvalue weighted by molar-refractivity contribution is 0.0821. The third-order valence-corrected chi connectivity index (χ3v) is 3.37. The Morgan fingerprint density at radius 2 is 2.00 bits per heavy atom. The number of hydrogen-bond acceptors (Lipinski definition) is 3. The van der Waals surface area contributed by atoms with E-state index in [1.54, 1.807) is 37.0 Å². The van der Waals surface area contributed by atoms with Crippen LogP contribution in [0.5, 0.6) is 5.88 Å². The molecule has 1 heterocycles. The van der Waals surface area contributed by atoms with Crippen LogP contribution in [0.2, 0.25) is 5.02 Å². The summed E-state index contributed by atoms with van der Waals surface area (Å²) < 4.78 is 7.40. The highest BCUT2D eigenvalue weighted by molar-refractivity contribution is 6.30. The Morgan fingerprint density at radius 3 is 2.59 bits per heavy atom. The molecule has 1 aromatic heterocycles. The van der Waals surface area contributed by atoms with Crippen molar-refractivity contribution < 1.29 is 9.53 Å². The summed E-state index contributed by atoms with van der Waals surface area (Å²) in [6.45, 7) is 2.69. The van der Waals surface area contributed by atoms with E-state index in [4.69, 9.17) is 16.3 Å². The van der Waals surface area contributed by atoms with Crippen LogP contribution in [0.25, 0.3) is 5.69 Å². The number of halogens is 1. The first-order chi connectivity index (χ1) is 10.5. The molecule has 0 bridgehead atoms. The minimum atomic E-state index is -0.159. The second-order valence-corrected chi connectivity index (χ2v) is 5.59. The smallest absolute Gasteiger partial charge is 0.273 e. The van der Waals surface area contributed by atoms with Crippen molar-refractivity contribution in [1.29, 1.82) is 0 Å². The molecule has 5 nitrogen and oxygen atoms in total. The molecule has 6 heteroatoms. The average molecular weight is 322 g/mol. The first kappa shape index (κ1) is 16.4. The second-order valence-electron chi connectivity index (χ2n) is 5.16. The van der Waals surface area contributed by atoms with Gasteiger partial charge in [-0.3, -0.25) is 4.79 Å². The van der Waals surface area contributed by atoms with Crippen molar-refractivity contribution in [3.8, 4) is 11.6 Å². The van der Waals surface area contributed by atoms with Gasteiger partial charge in [0.15, 0.2) is 5.69 Å². The summed E-state index contributed by atoms with van der Waals surface area (Å²) in [5.74, 6) is 0.397. The molecular formula is C16H20ClN3O2. The summed E-state index contributed by atoms with van der Waals surface area (Å²) in [5, 5.41) is 5.01. The molecule has 0 aliphatic heterocycles. The normalized spacial score (nSPS) is 10.5. The van der Waals surface area contributed by atoms with Gasteiger partial charge in [-0.15, -0.1) is 0 Å². The van der Waals surface area contributed by atoms with E-state index in [1.807, 2.05) is 12.1 Å². The van der Waals surface area contributed by atoms with E-state index in [9.17, 15) is 4.79 Å². The molecule has 0 unspecified atom stereocenters. The highest BCUT2D eigenvalue weighted by Gasteiger charge is 2.17. The van der Waals surface area contributed by atoms with Crippen molar-refractivity contribution in [3.63, 3.8) is 0 Å². The topological polar surface area (TPSA) is 47.4 Å². The number of hydrogen-bond donors (Lipinski definition) is 0. The monoisotopic (exact) mass is 321 g/mol. The Bertz CT molecular complexity index is 635. The summed E-state index contributed by atoms with van der Waals surface area (Å²) in [7, 11) is 3.39. The van der Waals surface area contributed by atoms with Gasteiger partial charge in [-0.1, -0.05) is 24.9 Å². The van der Waals surface area contributed by atoms with E-state index in [2.05, 4.69) is 12.0 Å². The molecular weight excluding hydrogens is 302 g/mol. The number of aromatic nitrogens is 2. The minimum absolute atomic E-state index is 0.159. The zero-order chi connectivity index (χ0) is 16.1. The molecule has 0 aliphatic rings. The third-order valence-electron chi connectivity index (χ3n) is 3.12. The van der Waals surface area contributed by atoms with Gasteiger partial charge in [0, 0.05) is 25.2 Å². The molecule has 2 rings (SSSR count). The predicted octanol–water partition coefficient (Wildman–Crippen LogP) is 3.41. The van der Waals surface area contributed by atoms with Crippen LogP contribution in [-0.4, -0.2) is 41.3 Å². The molecule has 1 amide bonds. The Morgan fingerprint density at radius 1 is 1.32 bits per heavy atom. The number of unbranched alkanes of at least 4 members (excludes halogenated alkanes) is 1. The lowest BCUT2D eigenvalue weighted by Gasteiger charge is -2.08. The van der Waals surface area contributed by atoms with Crippen LogP contribution in [0.3, 0.4) is 0 Å². The Balaban J connectivity index is 2.36. The standard InChI is InChI=1S/C16H20ClN3O2/c1-4-5-10-22-15-11-14(16(21)19(2)3)18-20(15)13-8-6-12(17)7-9-13/h6-9,11H,4-5,10H2,1-3H3. The van der Waals surface area contributed by atoms with Gasteiger partial charge in [0.2, 0.25) is 5.88 Å². The first-order valence-corrected chi connectivity index (χ1v) is 7.61. The maximum absolute atomic E-state index is 12.1. The van der Waals surface area contributed by atoms with E-state index >= 15 is 0 Å². The van der Waals surface area contributed by atoms with Crippen LogP contribution in [0.15, 0.2) is 30.3 Å². The predicted molar refractivity (Wildman–Crippen MR) is 87.0 cm³/mol. The second kappa shape index (κ2) is 7.31. The van der Waals surface area contributed by atoms with E-state index in [1.165, 1.54) is 4.90 Å². The fraction of sp³-hybridized carbons (Fsp3) is 0.375. The number of benzene rings is 1. The largest absolute Gasteiger partial charge is 0.478 e. The number of nitrogens with zero attached hydrogens (tertiary/aromatic N) is 3. The number of carbonyl (C=O) groups excluding carboxylic acids is 1. The van der Waals surface area contributed by atoms with Gasteiger partial charge in [-0.05, 0) is 30.7 Å². The summed E-state index contributed by atoms with van der Waals surface area (Å²) in [4.78, 5) is 13.6. The van der Waals surface area contributed by atoms with E-state index in [0.717, 1.165) is 18.5 Å². The quantitative estimate of drug-likeness (QED) is 0.766. The maximum atomic E-state index is 12.1. The Kier molecular flexibility index (Phi) is 5.44. The minimum Gasteiger partial charge on any atom is -0.478 e. The van der Waals surface area contributed by atoms with E-state index < -0.39 is 0 Å². The molecule has 118 valence electrons. The van der Waals surface area contributed by atoms with Crippen molar-refractivity contribution in [2.45, 2.75) is 19.8 Å². The number of amides is 1. The van der Waals surface area contributed by atoms with Crippen molar-refractivity contribution in [1.82, 2.24) is 14.7 Å². The summed E-state index contributed by atoms with van der Waals surface area (Å²) in [6, 6.07) is 8.91. The molecule has 0 atom stereocenters. The van der Waals surface area contributed by atoms with Gasteiger partial charge >= 0.3 is 0 Å². The molecule has 0 fully saturated rings. The van der Waals surface area contributed by atoms with Crippen LogP contribution in [-0.2, 0) is 0 Å². The number of carbonyl (C=O) groups is 1. The summed E-state index contributed by atoms with van der Waals surface area (Å²) >= 11 is 5.92. The van der Waals surface area contributed by atoms with E-state index in [0.29, 0.717) is 23.2 Å². The maximum Gasteiger partial charge on any atom is 0.273 e. The van der Waals surface area contributed by atoms with Gasteiger partial charge in [-0.25, -0.2) is 4.68 Å². The van der Waals surface area contributed by atoms with Gasteiger partial charge in [0.1, 0.15) is 0 Å². The lowest BCUT2D eigenvalue weighted by Crippen LogP contribution is -2.22. The third kappa shape index (κ3) is 3.80. The lowest BCUT2D eigenvalue weighted by atomic mass is 10.3. The first-order valence-electron chi connectivity index (χ1n) is 7.23. The highest BCUT2D eigenvalue weighted by Crippen LogP contribution is 2.22. The highest BCUT2D eigenvalue weighted by atomic mass is 35.5. The molecule has 0 N–H and O–H groups in total. The van der Waals surface area contributed by atoms with Gasteiger partial charge in [0.05, 0.1) is 12.3 Å². The van der Waals surface area contributed by atoms with Gasteiger partial charge < -0.3 is 9.64 Å². The fourth-order valence-corrected chi connectivity index (χ4v) is 2.01. The molecule has 0 saturated carbocycles. The SMILES string of the molecule is CCCCOc1cc(C(=O)N(C)C)nn1-c1ccc(Cl)cc1. The summed E-state index contributed by atoms with van der Waals surface area (Å²) in [5.41, 5.74) is 1.15. The zero-order valence-electron chi connectivity index (χ0n) is 13.0. The van der Waals surface area contributed by atoms with Crippen LogP contribution in [0.1, 0.15) is 30.3 Å². The Labute approximate surface area is 135 Å². The summed E-state index contributed by atoms with van der Waals surface area (Å²) in [6.07, 6.45) is 1.99. The molecule has 0 spiro atoms. The van der Waals surface area contributed by atoms with Crippen LogP contribution < -0.4 is 4.74 Å². The van der Waals surface area contributed by atoms with Gasteiger partial charge in [0.25, 0.3) is 5.91 Å². The van der Waals surface area contributed by atoms with Crippen LogP contribution in [0, 0.1) is 0 Å². The van der Waals surface area contributed by atoms with Gasteiger partial charge in [-0.2, -0.15) is 5.10 Å². The van der Waals surface area contributed by atoms with Crippen molar-refractivity contribution in [2.24, 2.45) is 0 Å². The van der Waals surface area contributed by atoms with Crippen LogP contribution >= 0.6 is 11.6 Å². The van der Waals surface area contributed by atoms with Crippen molar-refractivity contribution in [3.05, 3.63) is 41.0 Å². The molecule has 2 aromatic rings. The van der Waals surface area contributed by atoms with E-state index in [-0.39, 0.29) is 5.91 Å². The van der Waals surface area contributed by atoms with Crippen molar-refractivity contribution in [2.75, 3.05) is 20.7 Å². The number of rotatable bonds is 6. The molecule has 22 heavy (non-hydrogen) atoms. The Hall–Kier alpha value is -2.01. The average Bonchev–Trinajstić information content (AvgIpc) is 2.91. The van der Waals surface area contributed by atoms with Crippen molar-refractivity contribution >= 4 is 17.5 Å². The molecule has 0 saturated heterocycles. The molecule has 0 radical (unpaired) electrons. The van der Waals surface area contributed by atoms with Crippen LogP contribution in [0.4, 0.5) is 0 Å².